The summed E-state index contributed by atoms with van der Waals surface area (Å²) in [5.41, 5.74) is 2.45. The highest BCUT2D eigenvalue weighted by molar-refractivity contribution is 7.91. The van der Waals surface area contributed by atoms with Crippen molar-refractivity contribution in [2.45, 2.75) is 36.7 Å². The Hall–Kier alpha value is -3.28. The van der Waals surface area contributed by atoms with E-state index in [1.165, 1.54) is 4.52 Å². The minimum absolute atomic E-state index is 0.0267. The molecule has 1 atom stereocenters. The van der Waals surface area contributed by atoms with E-state index in [-0.39, 0.29) is 28.2 Å². The number of aromatic amines is 1. The molecule has 0 bridgehead atoms. The molecular formula is C24H28N6O4S. The molecule has 0 saturated carbocycles. The second-order valence-electron chi connectivity index (χ2n) is 9.12. The van der Waals surface area contributed by atoms with Crippen molar-refractivity contribution in [2.24, 2.45) is 0 Å². The standard InChI is InChI=1S/C24H28N6O4S/c1-15-4-7-21(16(2)12-15)35(33,34)24-22-25-23(32)19-6-5-18(13-20(19)30(22)27-26-24)29-10-8-28(9-11-29)17(3)14-31/h4-7,12-13,17,27,31H,8-11,14H2,1-3H3. The van der Waals surface area contributed by atoms with E-state index in [9.17, 15) is 18.3 Å². The van der Waals surface area contributed by atoms with Crippen LogP contribution in [0.3, 0.4) is 0 Å². The average Bonchev–Trinajstić information content (AvgIpc) is 3.28. The number of aliphatic hydroxyl groups excluding tert-OH is 1. The van der Waals surface area contributed by atoms with Crippen LogP contribution in [0.1, 0.15) is 18.1 Å². The number of nitrogens with one attached hydrogen (secondary N) is 1. The maximum atomic E-state index is 13.4. The Kier molecular flexibility index (Phi) is 5.86. The number of anilines is 1. The van der Waals surface area contributed by atoms with Gasteiger partial charge in [-0.3, -0.25) is 9.69 Å². The lowest BCUT2D eigenvalue weighted by Crippen LogP contribution is -2.50. The Morgan fingerprint density at radius 1 is 1.09 bits per heavy atom. The maximum Gasteiger partial charge on any atom is 0.281 e. The molecule has 4 aromatic rings. The fourth-order valence-electron chi connectivity index (χ4n) is 4.71. The maximum absolute atomic E-state index is 13.4. The van der Waals surface area contributed by atoms with Gasteiger partial charge in [-0.15, -0.1) is 5.10 Å². The van der Waals surface area contributed by atoms with Crippen LogP contribution in [0.5, 0.6) is 0 Å². The molecule has 1 aliphatic rings. The van der Waals surface area contributed by atoms with Crippen molar-refractivity contribution >= 4 is 32.1 Å². The van der Waals surface area contributed by atoms with Gasteiger partial charge in [0.1, 0.15) is 0 Å². The van der Waals surface area contributed by atoms with Gasteiger partial charge >= 0.3 is 0 Å². The first kappa shape index (κ1) is 23.5. The second kappa shape index (κ2) is 8.74. The van der Waals surface area contributed by atoms with Gasteiger partial charge in [-0.05, 0) is 50.6 Å². The monoisotopic (exact) mass is 496 g/mol. The van der Waals surface area contributed by atoms with Crippen molar-refractivity contribution in [1.82, 2.24) is 24.7 Å². The van der Waals surface area contributed by atoms with Gasteiger partial charge in [0.15, 0.2) is 5.65 Å². The molecular weight excluding hydrogens is 468 g/mol. The lowest BCUT2D eigenvalue weighted by atomic mass is 10.1. The van der Waals surface area contributed by atoms with Crippen LogP contribution in [0, 0.1) is 13.8 Å². The van der Waals surface area contributed by atoms with Gasteiger partial charge in [-0.1, -0.05) is 17.7 Å². The fraction of sp³-hybridized carbons (Fsp3) is 0.375. The highest BCUT2D eigenvalue weighted by Gasteiger charge is 2.28. The van der Waals surface area contributed by atoms with E-state index in [1.807, 2.05) is 26.0 Å². The lowest BCUT2D eigenvalue weighted by molar-refractivity contribution is 0.128. The number of hydrogen-bond acceptors (Lipinski definition) is 8. The summed E-state index contributed by atoms with van der Waals surface area (Å²) in [6.45, 7) is 8.92. The number of piperazine rings is 1. The highest BCUT2D eigenvalue weighted by atomic mass is 32.2. The number of sulfone groups is 1. The highest BCUT2D eigenvalue weighted by Crippen LogP contribution is 2.27. The molecule has 11 heteroatoms. The van der Waals surface area contributed by atoms with Crippen LogP contribution in [0.15, 0.2) is 51.1 Å². The first-order valence-corrected chi connectivity index (χ1v) is 13.0. The van der Waals surface area contributed by atoms with Gasteiger partial charge in [-0.2, -0.15) is 4.98 Å². The molecule has 2 aromatic heterocycles. The van der Waals surface area contributed by atoms with Gasteiger partial charge in [0, 0.05) is 37.9 Å². The van der Waals surface area contributed by atoms with Gasteiger partial charge in [-0.25, -0.2) is 18.1 Å². The Labute approximate surface area is 202 Å². The molecule has 1 aliphatic heterocycles. The smallest absolute Gasteiger partial charge is 0.281 e. The number of aryl methyl sites for hydroxylation is 2. The summed E-state index contributed by atoms with van der Waals surface area (Å²) in [5, 5.41) is 16.4. The van der Waals surface area contributed by atoms with E-state index in [0.717, 1.165) is 37.4 Å². The summed E-state index contributed by atoms with van der Waals surface area (Å²) in [6.07, 6.45) is 0. The molecule has 0 aliphatic carbocycles. The Bertz CT molecular complexity index is 1590. The molecule has 0 spiro atoms. The molecule has 0 radical (unpaired) electrons. The largest absolute Gasteiger partial charge is 0.395 e. The van der Waals surface area contributed by atoms with Crippen LogP contribution in [0.2, 0.25) is 0 Å². The van der Waals surface area contributed by atoms with E-state index in [1.54, 1.807) is 31.2 Å². The molecule has 0 amide bonds. The number of aliphatic hydroxyl groups is 1. The van der Waals surface area contributed by atoms with Crippen molar-refractivity contribution in [3.05, 3.63) is 57.9 Å². The molecule has 1 fully saturated rings. The number of aromatic nitrogens is 4. The van der Waals surface area contributed by atoms with E-state index in [0.29, 0.717) is 16.5 Å². The average molecular weight is 497 g/mol. The zero-order valence-corrected chi connectivity index (χ0v) is 20.7. The predicted octanol–water partition coefficient (Wildman–Crippen LogP) is 1.52. The van der Waals surface area contributed by atoms with Crippen molar-refractivity contribution < 1.29 is 13.5 Å². The van der Waals surface area contributed by atoms with Gasteiger partial charge in [0.25, 0.3) is 5.56 Å². The number of nitrogens with zero attached hydrogens (tertiary/aromatic N) is 5. The molecule has 184 valence electrons. The van der Waals surface area contributed by atoms with E-state index in [2.05, 4.69) is 25.1 Å². The number of rotatable bonds is 5. The summed E-state index contributed by atoms with van der Waals surface area (Å²) in [5.74, 6) is 0. The zero-order chi connectivity index (χ0) is 24.9. The molecule has 3 heterocycles. The summed E-state index contributed by atoms with van der Waals surface area (Å²) in [7, 11) is -4.00. The van der Waals surface area contributed by atoms with Gasteiger partial charge < -0.3 is 10.0 Å². The SMILES string of the molecule is Cc1ccc(S(=O)(=O)c2n[nH]n3c2nc(=O)c2ccc(N4CCN(C(C)CO)CC4)cc23)c(C)c1. The summed E-state index contributed by atoms with van der Waals surface area (Å²) in [6, 6.07) is 10.7. The first-order chi connectivity index (χ1) is 16.7. The number of fused-ring (bicyclic) bond motifs is 3. The molecule has 2 N–H and O–H groups in total. The van der Waals surface area contributed by atoms with E-state index >= 15 is 0 Å². The summed E-state index contributed by atoms with van der Waals surface area (Å²) < 4.78 is 28.3. The predicted molar refractivity (Wildman–Crippen MR) is 133 cm³/mol. The number of hydrogen-bond donors (Lipinski definition) is 2. The molecule has 10 nitrogen and oxygen atoms in total. The third-order valence-corrected chi connectivity index (χ3v) is 8.58. The molecule has 1 saturated heterocycles. The van der Waals surface area contributed by atoms with Crippen LogP contribution < -0.4 is 10.5 Å². The molecule has 5 rings (SSSR count). The van der Waals surface area contributed by atoms with Crippen LogP contribution in [-0.4, -0.2) is 77.1 Å². The third-order valence-electron chi connectivity index (χ3n) is 6.76. The van der Waals surface area contributed by atoms with Crippen molar-refractivity contribution in [1.29, 1.82) is 0 Å². The zero-order valence-electron chi connectivity index (χ0n) is 19.9. The van der Waals surface area contributed by atoms with Gasteiger partial charge in [0.2, 0.25) is 14.9 Å². The Morgan fingerprint density at radius 2 is 1.83 bits per heavy atom. The number of H-pyrrole nitrogens is 1. The van der Waals surface area contributed by atoms with Crippen molar-refractivity contribution in [3.8, 4) is 0 Å². The Balaban J connectivity index is 1.58. The summed E-state index contributed by atoms with van der Waals surface area (Å²) in [4.78, 5) is 21.5. The molecule has 35 heavy (non-hydrogen) atoms. The minimum Gasteiger partial charge on any atom is -0.395 e. The first-order valence-electron chi connectivity index (χ1n) is 11.5. The van der Waals surface area contributed by atoms with Gasteiger partial charge in [0.05, 0.1) is 22.4 Å². The van der Waals surface area contributed by atoms with Crippen molar-refractivity contribution in [3.63, 3.8) is 0 Å². The minimum atomic E-state index is -4.00. The Morgan fingerprint density at radius 3 is 2.51 bits per heavy atom. The van der Waals surface area contributed by atoms with Crippen LogP contribution in [0.4, 0.5) is 5.69 Å². The molecule has 2 aromatic carbocycles. The topological polar surface area (TPSA) is 124 Å². The normalized spacial score (nSPS) is 16.3. The number of benzene rings is 2. The third kappa shape index (κ3) is 3.99. The van der Waals surface area contributed by atoms with Crippen LogP contribution in [0.25, 0.3) is 16.6 Å². The van der Waals surface area contributed by atoms with Crippen LogP contribution >= 0.6 is 0 Å². The fourth-order valence-corrected chi connectivity index (χ4v) is 6.19. The summed E-state index contributed by atoms with van der Waals surface area (Å²) >= 11 is 0. The lowest BCUT2D eigenvalue weighted by Gasteiger charge is -2.38. The quantitative estimate of drug-likeness (QED) is 0.426. The van der Waals surface area contributed by atoms with E-state index < -0.39 is 15.4 Å². The van der Waals surface area contributed by atoms with Crippen molar-refractivity contribution in [2.75, 3.05) is 37.7 Å². The van der Waals surface area contributed by atoms with E-state index in [4.69, 9.17) is 0 Å². The second-order valence-corrected chi connectivity index (χ2v) is 11.0. The van der Waals surface area contributed by atoms with Crippen LogP contribution in [-0.2, 0) is 9.84 Å². The molecule has 1 unspecified atom stereocenters.